The van der Waals surface area contributed by atoms with Gasteiger partial charge in [0.2, 0.25) is 0 Å². The van der Waals surface area contributed by atoms with E-state index in [4.69, 9.17) is 0 Å². The molecule has 3 aromatic rings. The average molecular weight is 334 g/mol. The number of halogens is 2. The number of aromatic nitrogens is 2. The molecule has 0 aliphatic rings. The minimum atomic E-state index is -0.410. The van der Waals surface area contributed by atoms with Crippen LogP contribution >= 0.6 is 15.9 Å². The van der Waals surface area contributed by atoms with Gasteiger partial charge in [-0.05, 0) is 46.3 Å². The van der Waals surface area contributed by atoms with Crippen molar-refractivity contribution in [2.75, 3.05) is 5.32 Å². The van der Waals surface area contributed by atoms with Gasteiger partial charge in [-0.3, -0.25) is 9.89 Å². The highest BCUT2D eigenvalue weighted by atomic mass is 79.9. The zero-order valence-corrected chi connectivity index (χ0v) is 11.7. The molecular weight excluding hydrogens is 325 g/mol. The van der Waals surface area contributed by atoms with Crippen molar-refractivity contribution in [2.24, 2.45) is 0 Å². The van der Waals surface area contributed by atoms with Crippen LogP contribution in [0.1, 0.15) is 10.4 Å². The number of anilines is 1. The molecule has 0 radical (unpaired) electrons. The topological polar surface area (TPSA) is 57.8 Å². The number of aromatic amines is 1. The summed E-state index contributed by atoms with van der Waals surface area (Å²) in [6, 6.07) is 11.6. The molecule has 0 atom stereocenters. The summed E-state index contributed by atoms with van der Waals surface area (Å²) >= 11 is 3.06. The smallest absolute Gasteiger partial charge is 0.256 e. The van der Waals surface area contributed by atoms with Gasteiger partial charge < -0.3 is 5.32 Å². The zero-order chi connectivity index (χ0) is 14.1. The Bertz CT molecular complexity index is 800. The second-order valence-electron chi connectivity index (χ2n) is 4.20. The number of nitrogens with zero attached hydrogens (tertiary/aromatic N) is 1. The molecule has 2 aromatic carbocycles. The van der Waals surface area contributed by atoms with E-state index in [1.165, 1.54) is 18.2 Å². The van der Waals surface area contributed by atoms with Crippen LogP contribution in [0.2, 0.25) is 0 Å². The lowest BCUT2D eigenvalue weighted by molar-refractivity contribution is 0.102. The van der Waals surface area contributed by atoms with Gasteiger partial charge in [-0.1, -0.05) is 12.1 Å². The summed E-state index contributed by atoms with van der Waals surface area (Å²) < 4.78 is 13.4. The van der Waals surface area contributed by atoms with E-state index < -0.39 is 5.82 Å². The van der Waals surface area contributed by atoms with Gasteiger partial charge in [0.25, 0.3) is 5.91 Å². The lowest BCUT2D eigenvalue weighted by Gasteiger charge is -2.03. The van der Waals surface area contributed by atoms with E-state index in [9.17, 15) is 9.18 Å². The van der Waals surface area contributed by atoms with Crippen molar-refractivity contribution in [2.45, 2.75) is 0 Å². The summed E-state index contributed by atoms with van der Waals surface area (Å²) in [6.07, 6.45) is 0. The van der Waals surface area contributed by atoms with Crippen LogP contribution in [0.25, 0.3) is 10.9 Å². The van der Waals surface area contributed by atoms with E-state index in [-0.39, 0.29) is 10.4 Å². The molecule has 1 heterocycles. The summed E-state index contributed by atoms with van der Waals surface area (Å²) in [4.78, 5) is 12.1. The Kier molecular flexibility index (Phi) is 3.23. The molecule has 3 rings (SSSR count). The number of amides is 1. The van der Waals surface area contributed by atoms with E-state index in [0.29, 0.717) is 11.4 Å². The summed E-state index contributed by atoms with van der Waals surface area (Å²) in [5.41, 5.74) is 1.19. The Morgan fingerprint density at radius 1 is 1.25 bits per heavy atom. The maximum Gasteiger partial charge on any atom is 0.256 e. The molecule has 0 fully saturated rings. The van der Waals surface area contributed by atoms with Crippen LogP contribution < -0.4 is 5.32 Å². The summed E-state index contributed by atoms with van der Waals surface area (Å²) in [5.74, 6) is -0.305. The molecule has 100 valence electrons. The summed E-state index contributed by atoms with van der Waals surface area (Å²) in [7, 11) is 0. The number of benzene rings is 2. The van der Waals surface area contributed by atoms with Crippen molar-refractivity contribution in [1.29, 1.82) is 0 Å². The van der Waals surface area contributed by atoms with E-state index in [1.807, 2.05) is 24.3 Å². The molecule has 4 nitrogen and oxygen atoms in total. The van der Waals surface area contributed by atoms with Crippen molar-refractivity contribution < 1.29 is 9.18 Å². The number of hydrogen-bond donors (Lipinski definition) is 2. The molecular formula is C14H9BrFN3O. The van der Waals surface area contributed by atoms with E-state index >= 15 is 0 Å². The Labute approximate surface area is 122 Å². The first kappa shape index (κ1) is 12.8. The van der Waals surface area contributed by atoms with Crippen LogP contribution in [0.5, 0.6) is 0 Å². The molecule has 0 bridgehead atoms. The van der Waals surface area contributed by atoms with Crippen LogP contribution in [0.15, 0.2) is 46.9 Å². The largest absolute Gasteiger partial charge is 0.305 e. The van der Waals surface area contributed by atoms with Crippen molar-refractivity contribution in [3.8, 4) is 0 Å². The molecule has 20 heavy (non-hydrogen) atoms. The number of para-hydroxylation sites is 1. The molecule has 0 spiro atoms. The van der Waals surface area contributed by atoms with Gasteiger partial charge in [0.1, 0.15) is 5.82 Å². The molecule has 1 amide bonds. The van der Waals surface area contributed by atoms with Gasteiger partial charge in [0.05, 0.1) is 9.99 Å². The lowest BCUT2D eigenvalue weighted by atomic mass is 10.2. The molecule has 0 aliphatic heterocycles. The van der Waals surface area contributed by atoms with Crippen molar-refractivity contribution in [1.82, 2.24) is 10.2 Å². The highest BCUT2D eigenvalue weighted by Gasteiger charge is 2.12. The van der Waals surface area contributed by atoms with E-state index in [0.717, 1.165) is 10.9 Å². The van der Waals surface area contributed by atoms with Crippen LogP contribution in [0.3, 0.4) is 0 Å². The molecule has 6 heteroatoms. The maximum absolute atomic E-state index is 13.2. The van der Waals surface area contributed by atoms with Gasteiger partial charge in [-0.25, -0.2) is 4.39 Å². The SMILES string of the molecule is O=C(Nc1n[nH]c2ccccc12)c1ccc(F)c(Br)c1. The Hall–Kier alpha value is -2.21. The van der Waals surface area contributed by atoms with Gasteiger partial charge in [-0.15, -0.1) is 0 Å². The third-order valence-electron chi connectivity index (χ3n) is 2.88. The van der Waals surface area contributed by atoms with Gasteiger partial charge in [-0.2, -0.15) is 5.10 Å². The standard InChI is InChI=1S/C14H9BrFN3O/c15-10-7-8(5-6-11(10)16)14(20)17-13-9-3-1-2-4-12(9)18-19-13/h1-7H,(H2,17,18,19,20). The zero-order valence-electron chi connectivity index (χ0n) is 10.2. The number of hydrogen-bond acceptors (Lipinski definition) is 2. The Morgan fingerprint density at radius 3 is 2.85 bits per heavy atom. The first-order valence-electron chi connectivity index (χ1n) is 5.84. The number of carbonyl (C=O) groups excluding carboxylic acids is 1. The molecule has 0 saturated heterocycles. The summed E-state index contributed by atoms with van der Waals surface area (Å²) in [6.45, 7) is 0. The predicted octanol–water partition coefficient (Wildman–Crippen LogP) is 3.72. The number of carbonyl (C=O) groups is 1. The quantitative estimate of drug-likeness (QED) is 0.750. The lowest BCUT2D eigenvalue weighted by Crippen LogP contribution is -2.12. The first-order valence-corrected chi connectivity index (χ1v) is 6.64. The first-order chi connectivity index (χ1) is 9.65. The van der Waals surface area contributed by atoms with E-state index in [2.05, 4.69) is 31.4 Å². The molecule has 0 saturated carbocycles. The van der Waals surface area contributed by atoms with Gasteiger partial charge in [0.15, 0.2) is 5.82 Å². The number of rotatable bonds is 2. The minimum absolute atomic E-state index is 0.247. The number of nitrogens with one attached hydrogen (secondary N) is 2. The molecule has 0 aliphatic carbocycles. The highest BCUT2D eigenvalue weighted by molar-refractivity contribution is 9.10. The fraction of sp³-hybridized carbons (Fsp3) is 0. The Balaban J connectivity index is 1.90. The monoisotopic (exact) mass is 333 g/mol. The van der Waals surface area contributed by atoms with Crippen molar-refractivity contribution >= 4 is 38.6 Å². The van der Waals surface area contributed by atoms with E-state index in [1.54, 1.807) is 0 Å². The second-order valence-corrected chi connectivity index (χ2v) is 5.06. The summed E-state index contributed by atoms with van der Waals surface area (Å²) in [5, 5.41) is 10.4. The van der Waals surface area contributed by atoms with Crippen LogP contribution in [-0.4, -0.2) is 16.1 Å². The third kappa shape index (κ3) is 2.30. The number of fused-ring (bicyclic) bond motifs is 1. The molecule has 1 aromatic heterocycles. The van der Waals surface area contributed by atoms with Gasteiger partial charge in [0, 0.05) is 10.9 Å². The second kappa shape index (κ2) is 5.05. The Morgan fingerprint density at radius 2 is 2.05 bits per heavy atom. The predicted molar refractivity (Wildman–Crippen MR) is 78.1 cm³/mol. The number of H-pyrrole nitrogens is 1. The fourth-order valence-electron chi connectivity index (χ4n) is 1.88. The van der Waals surface area contributed by atoms with Crippen molar-refractivity contribution in [3.05, 3.63) is 58.3 Å². The van der Waals surface area contributed by atoms with Crippen LogP contribution in [-0.2, 0) is 0 Å². The molecule has 0 unspecified atom stereocenters. The van der Waals surface area contributed by atoms with Crippen molar-refractivity contribution in [3.63, 3.8) is 0 Å². The average Bonchev–Trinajstić information content (AvgIpc) is 2.85. The van der Waals surface area contributed by atoms with Gasteiger partial charge >= 0.3 is 0 Å². The normalized spacial score (nSPS) is 10.7. The minimum Gasteiger partial charge on any atom is -0.305 e. The maximum atomic E-state index is 13.2. The third-order valence-corrected chi connectivity index (χ3v) is 3.49. The fourth-order valence-corrected chi connectivity index (χ4v) is 2.25. The molecule has 2 N–H and O–H groups in total. The van der Waals surface area contributed by atoms with Crippen LogP contribution in [0.4, 0.5) is 10.2 Å². The highest BCUT2D eigenvalue weighted by Crippen LogP contribution is 2.21. The van der Waals surface area contributed by atoms with Crippen LogP contribution in [0, 0.1) is 5.82 Å².